The molecule has 0 saturated carbocycles. The topological polar surface area (TPSA) is 99.0 Å². The molecule has 2 aromatic carbocycles. The quantitative estimate of drug-likeness (QED) is 0.186. The molecule has 1 amide bonds. The van der Waals surface area contributed by atoms with Gasteiger partial charge < -0.3 is 14.6 Å². The Labute approximate surface area is 211 Å². The second kappa shape index (κ2) is 11.9. The number of para-hydroxylation sites is 1. The Morgan fingerprint density at radius 3 is 2.69 bits per heavy atom. The summed E-state index contributed by atoms with van der Waals surface area (Å²) in [6.45, 7) is 4.41. The van der Waals surface area contributed by atoms with E-state index in [9.17, 15) is 9.59 Å². The van der Waals surface area contributed by atoms with Crippen LogP contribution in [0.3, 0.4) is 0 Å². The molecule has 0 radical (unpaired) electrons. The van der Waals surface area contributed by atoms with Gasteiger partial charge in [0.25, 0.3) is 0 Å². The summed E-state index contributed by atoms with van der Waals surface area (Å²) in [5, 5.41) is 12.7. The molecule has 8 nitrogen and oxygen atoms in total. The molecule has 0 bridgehead atoms. The van der Waals surface area contributed by atoms with E-state index in [-0.39, 0.29) is 11.7 Å². The summed E-state index contributed by atoms with van der Waals surface area (Å²) in [6.07, 6.45) is 1.80. The Balaban J connectivity index is 1.40. The molecule has 1 atom stereocenters. The molecule has 2 aromatic heterocycles. The smallest absolute Gasteiger partial charge is 0.329 e. The number of rotatable bonds is 11. The van der Waals surface area contributed by atoms with E-state index in [2.05, 4.69) is 27.1 Å². The predicted molar refractivity (Wildman–Crippen MR) is 140 cm³/mol. The molecule has 180 valence electrons. The number of amides is 1. The summed E-state index contributed by atoms with van der Waals surface area (Å²) >= 11 is 2.72. The van der Waals surface area contributed by atoms with E-state index in [1.807, 2.05) is 59.2 Å². The molecule has 0 unspecified atom stereocenters. The Morgan fingerprint density at radius 1 is 1.14 bits per heavy atom. The number of carbonyl (C=O) groups excluding carboxylic acids is 2. The van der Waals surface area contributed by atoms with Gasteiger partial charge in [-0.05, 0) is 11.6 Å². The normalized spacial score (nSPS) is 11.9. The van der Waals surface area contributed by atoms with E-state index >= 15 is 0 Å². The van der Waals surface area contributed by atoms with Crippen molar-refractivity contribution in [2.45, 2.75) is 23.5 Å². The minimum absolute atomic E-state index is 0.0473. The summed E-state index contributed by atoms with van der Waals surface area (Å²) in [5.74, 6) is 0.408. The number of esters is 1. The van der Waals surface area contributed by atoms with Gasteiger partial charge in [0.15, 0.2) is 5.65 Å². The van der Waals surface area contributed by atoms with Gasteiger partial charge >= 0.3 is 5.97 Å². The molecule has 10 heteroatoms. The average molecular weight is 508 g/mol. The van der Waals surface area contributed by atoms with Crippen LogP contribution in [0.25, 0.3) is 22.1 Å². The van der Waals surface area contributed by atoms with Crippen LogP contribution >= 0.6 is 23.5 Å². The second-order valence-corrected chi connectivity index (χ2v) is 9.59. The van der Waals surface area contributed by atoms with E-state index in [1.54, 1.807) is 17.8 Å². The lowest BCUT2D eigenvalue weighted by Crippen LogP contribution is -2.44. The molecule has 0 spiro atoms. The number of ether oxygens (including phenoxy) is 1. The number of benzene rings is 2. The lowest BCUT2D eigenvalue weighted by atomic mass is 10.2. The van der Waals surface area contributed by atoms with Crippen molar-refractivity contribution < 1.29 is 14.3 Å². The first-order valence-corrected chi connectivity index (χ1v) is 13.1. The van der Waals surface area contributed by atoms with Crippen LogP contribution in [0.15, 0.2) is 72.4 Å². The molecule has 35 heavy (non-hydrogen) atoms. The molecule has 0 aliphatic heterocycles. The Bertz CT molecular complexity index is 1340. The van der Waals surface area contributed by atoms with Crippen molar-refractivity contribution in [1.29, 1.82) is 0 Å². The van der Waals surface area contributed by atoms with Gasteiger partial charge in [-0.25, -0.2) is 9.78 Å². The molecule has 1 N–H and O–H groups in total. The number of aromatic nitrogens is 4. The lowest BCUT2D eigenvalue weighted by molar-refractivity contribution is -0.144. The number of methoxy groups -OCH3 is 1. The molecule has 0 fully saturated rings. The first kappa shape index (κ1) is 24.7. The largest absolute Gasteiger partial charge is 0.467 e. The number of fused-ring (bicyclic) bond motifs is 3. The highest BCUT2D eigenvalue weighted by Crippen LogP contribution is 2.27. The van der Waals surface area contributed by atoms with Crippen molar-refractivity contribution >= 4 is 57.5 Å². The first-order valence-electron chi connectivity index (χ1n) is 10.9. The van der Waals surface area contributed by atoms with Crippen LogP contribution in [0, 0.1) is 0 Å². The SMILES string of the molecule is C=CCn1c2ccccc2c2nnc(SCC(=O)N[C@@H](CSCc3ccccc3)C(=O)OC)nc21. The first-order chi connectivity index (χ1) is 17.1. The number of hydrogen-bond acceptors (Lipinski definition) is 8. The number of nitrogens with zero attached hydrogens (tertiary/aromatic N) is 4. The van der Waals surface area contributed by atoms with Gasteiger partial charge in [-0.1, -0.05) is 66.4 Å². The minimum atomic E-state index is -0.738. The molecular weight excluding hydrogens is 482 g/mol. The Kier molecular flexibility index (Phi) is 8.38. The average Bonchev–Trinajstić information content (AvgIpc) is 3.20. The van der Waals surface area contributed by atoms with Gasteiger partial charge in [-0.3, -0.25) is 4.79 Å². The molecule has 0 aliphatic rings. The number of carbonyl (C=O) groups is 2. The van der Waals surface area contributed by atoms with Gasteiger partial charge in [0.05, 0.1) is 18.4 Å². The van der Waals surface area contributed by atoms with Crippen molar-refractivity contribution in [1.82, 2.24) is 25.1 Å². The number of thioether (sulfide) groups is 2. The monoisotopic (exact) mass is 507 g/mol. The van der Waals surface area contributed by atoms with E-state index in [4.69, 9.17) is 4.74 Å². The summed E-state index contributed by atoms with van der Waals surface area (Å²) in [4.78, 5) is 29.4. The highest BCUT2D eigenvalue weighted by Gasteiger charge is 2.22. The third-order valence-corrected chi connectivity index (χ3v) is 7.16. The molecular formula is C25H25N5O3S2. The second-order valence-electron chi connectivity index (χ2n) is 7.62. The molecule has 2 heterocycles. The van der Waals surface area contributed by atoms with Crippen LogP contribution in [0.1, 0.15) is 5.56 Å². The van der Waals surface area contributed by atoms with Gasteiger partial charge in [0, 0.05) is 23.4 Å². The zero-order valence-electron chi connectivity index (χ0n) is 19.2. The standard InChI is InChI=1S/C25H25N5O3S2/c1-3-13-30-20-12-8-7-11-18(20)22-23(30)27-25(29-28-22)35-16-21(31)26-19(24(32)33-2)15-34-14-17-9-5-4-6-10-17/h3-12,19H,1,13-16H2,2H3,(H,26,31)/t19-/m0/s1. The van der Waals surface area contributed by atoms with Gasteiger partial charge in [0.1, 0.15) is 11.6 Å². The van der Waals surface area contributed by atoms with Crippen LogP contribution in [0.4, 0.5) is 0 Å². The van der Waals surface area contributed by atoms with Crippen molar-refractivity contribution in [3.8, 4) is 0 Å². The maximum Gasteiger partial charge on any atom is 0.329 e. The summed E-state index contributed by atoms with van der Waals surface area (Å²) in [5.41, 5.74) is 3.54. The summed E-state index contributed by atoms with van der Waals surface area (Å²) in [6, 6.07) is 17.1. The van der Waals surface area contributed by atoms with Crippen molar-refractivity contribution in [2.24, 2.45) is 0 Å². The summed E-state index contributed by atoms with van der Waals surface area (Å²) in [7, 11) is 1.31. The molecule has 0 aliphatic carbocycles. The van der Waals surface area contributed by atoms with E-state index in [1.165, 1.54) is 18.9 Å². The highest BCUT2D eigenvalue weighted by atomic mass is 32.2. The van der Waals surface area contributed by atoms with E-state index in [0.717, 1.165) is 22.2 Å². The maximum atomic E-state index is 12.6. The molecule has 4 rings (SSSR count). The summed E-state index contributed by atoms with van der Waals surface area (Å²) < 4.78 is 6.89. The van der Waals surface area contributed by atoms with Gasteiger partial charge in [-0.2, -0.15) is 11.8 Å². The van der Waals surface area contributed by atoms with Crippen LogP contribution in [0.2, 0.25) is 0 Å². The van der Waals surface area contributed by atoms with Crippen molar-refractivity contribution in [2.75, 3.05) is 18.6 Å². The zero-order valence-corrected chi connectivity index (χ0v) is 20.8. The lowest BCUT2D eigenvalue weighted by Gasteiger charge is -2.16. The van der Waals surface area contributed by atoms with Crippen molar-refractivity contribution in [3.05, 3.63) is 72.8 Å². The molecule has 0 saturated heterocycles. The fraction of sp³-hybridized carbons (Fsp3) is 0.240. The predicted octanol–water partition coefficient (Wildman–Crippen LogP) is 3.85. The Hall–Kier alpha value is -3.37. The van der Waals surface area contributed by atoms with Crippen LogP contribution in [-0.4, -0.2) is 56.3 Å². The van der Waals surface area contributed by atoms with Crippen molar-refractivity contribution in [3.63, 3.8) is 0 Å². The van der Waals surface area contributed by atoms with E-state index < -0.39 is 12.0 Å². The van der Waals surface area contributed by atoms with Gasteiger partial charge in [0.2, 0.25) is 11.1 Å². The number of hydrogen-bond donors (Lipinski definition) is 1. The maximum absolute atomic E-state index is 12.6. The highest BCUT2D eigenvalue weighted by molar-refractivity contribution is 7.99. The third-order valence-electron chi connectivity index (χ3n) is 5.22. The molecule has 4 aromatic rings. The fourth-order valence-electron chi connectivity index (χ4n) is 3.61. The van der Waals surface area contributed by atoms with Gasteiger partial charge in [-0.15, -0.1) is 16.8 Å². The van der Waals surface area contributed by atoms with E-state index in [0.29, 0.717) is 28.6 Å². The minimum Gasteiger partial charge on any atom is -0.467 e. The third kappa shape index (κ3) is 6.01. The van der Waals surface area contributed by atoms with Crippen LogP contribution < -0.4 is 5.32 Å². The number of allylic oxidation sites excluding steroid dienone is 1. The number of nitrogens with one attached hydrogen (secondary N) is 1. The van der Waals surface area contributed by atoms with Crippen LogP contribution in [-0.2, 0) is 26.6 Å². The van der Waals surface area contributed by atoms with Crippen LogP contribution in [0.5, 0.6) is 0 Å². The fourth-order valence-corrected chi connectivity index (χ4v) is 5.20. The Morgan fingerprint density at radius 2 is 1.91 bits per heavy atom. The zero-order chi connectivity index (χ0) is 24.6.